The Morgan fingerprint density at radius 2 is 2.00 bits per heavy atom. The lowest BCUT2D eigenvalue weighted by molar-refractivity contribution is -0.134. The molecule has 0 spiro atoms. The summed E-state index contributed by atoms with van der Waals surface area (Å²) in [6, 6.07) is 0.950. The first-order valence-electron chi connectivity index (χ1n) is 8.90. The van der Waals surface area contributed by atoms with Gasteiger partial charge >= 0.3 is 0 Å². The zero-order valence-corrected chi connectivity index (χ0v) is 14.9. The largest absolute Gasteiger partial charge is 0.339 e. The summed E-state index contributed by atoms with van der Waals surface area (Å²) in [5.41, 5.74) is 0. The molecule has 1 saturated heterocycles. The maximum atomic E-state index is 12.7. The number of rotatable bonds is 7. The summed E-state index contributed by atoms with van der Waals surface area (Å²) in [5.74, 6) is 1.41. The molecular weight excluding hydrogens is 292 g/mol. The van der Waals surface area contributed by atoms with E-state index in [1.54, 1.807) is 0 Å². The monoisotopic (exact) mass is 322 g/mol. The average molecular weight is 322 g/mol. The van der Waals surface area contributed by atoms with Crippen LogP contribution >= 0.6 is 0 Å². The molecule has 2 heterocycles. The Labute approximate surface area is 139 Å². The van der Waals surface area contributed by atoms with Crippen molar-refractivity contribution in [3.63, 3.8) is 0 Å². The Bertz CT molecular complexity index is 493. The summed E-state index contributed by atoms with van der Waals surface area (Å²) in [7, 11) is 0. The molecule has 2 atom stereocenters. The van der Waals surface area contributed by atoms with E-state index in [1.165, 1.54) is 19.3 Å². The Hall–Kier alpha value is -1.43. The standard InChI is InChI=1S/C17H30N4O2/c1-5-8-16-18-15(19-23-16)11-20(6-2)17(22)12-21-13(3)9-7-10-14(21)4/h13-14H,5-12H2,1-4H3/t13-,14+. The third kappa shape index (κ3) is 4.77. The van der Waals surface area contributed by atoms with Gasteiger partial charge in [0.1, 0.15) is 0 Å². The van der Waals surface area contributed by atoms with E-state index in [9.17, 15) is 4.79 Å². The van der Waals surface area contributed by atoms with Crippen molar-refractivity contribution in [1.82, 2.24) is 19.9 Å². The molecule has 0 aliphatic carbocycles. The van der Waals surface area contributed by atoms with Gasteiger partial charge in [0.15, 0.2) is 5.82 Å². The minimum absolute atomic E-state index is 0.148. The van der Waals surface area contributed by atoms with Crippen LogP contribution in [-0.4, -0.2) is 51.0 Å². The van der Waals surface area contributed by atoms with Crippen LogP contribution in [0.5, 0.6) is 0 Å². The van der Waals surface area contributed by atoms with Crippen molar-refractivity contribution in [2.75, 3.05) is 13.1 Å². The second kappa shape index (κ2) is 8.43. The number of likely N-dealkylation sites (N-methyl/N-ethyl adjacent to an activating group) is 1. The van der Waals surface area contributed by atoms with Crippen molar-refractivity contribution in [3.05, 3.63) is 11.7 Å². The van der Waals surface area contributed by atoms with Gasteiger partial charge in [0.2, 0.25) is 11.8 Å². The zero-order valence-electron chi connectivity index (χ0n) is 14.9. The molecular formula is C17H30N4O2. The number of hydrogen-bond acceptors (Lipinski definition) is 5. The molecule has 1 amide bonds. The molecule has 2 rings (SSSR count). The van der Waals surface area contributed by atoms with Crippen LogP contribution in [0.2, 0.25) is 0 Å². The first kappa shape index (κ1) is 17.9. The van der Waals surface area contributed by atoms with Crippen molar-refractivity contribution in [2.24, 2.45) is 0 Å². The molecule has 6 nitrogen and oxygen atoms in total. The normalized spacial score (nSPS) is 22.3. The van der Waals surface area contributed by atoms with Crippen LogP contribution in [0.15, 0.2) is 4.52 Å². The van der Waals surface area contributed by atoms with Gasteiger partial charge in [-0.05, 0) is 40.0 Å². The second-order valence-electron chi connectivity index (χ2n) is 6.56. The highest BCUT2D eigenvalue weighted by Gasteiger charge is 2.28. The summed E-state index contributed by atoms with van der Waals surface area (Å²) in [6.45, 7) is 10.1. The minimum atomic E-state index is 0.148. The molecule has 0 unspecified atom stereocenters. The topological polar surface area (TPSA) is 62.5 Å². The van der Waals surface area contributed by atoms with E-state index in [0.29, 0.717) is 43.4 Å². The first-order chi connectivity index (χ1) is 11.0. The average Bonchev–Trinajstić information content (AvgIpc) is 2.96. The summed E-state index contributed by atoms with van der Waals surface area (Å²) >= 11 is 0. The van der Waals surface area contributed by atoms with Crippen LogP contribution in [-0.2, 0) is 17.8 Å². The lowest BCUT2D eigenvalue weighted by Crippen LogP contribution is -2.49. The number of carbonyl (C=O) groups excluding carboxylic acids is 1. The van der Waals surface area contributed by atoms with E-state index in [4.69, 9.17) is 4.52 Å². The molecule has 23 heavy (non-hydrogen) atoms. The number of carbonyl (C=O) groups is 1. The van der Waals surface area contributed by atoms with Gasteiger partial charge in [-0.25, -0.2) is 0 Å². The van der Waals surface area contributed by atoms with Crippen LogP contribution in [0.25, 0.3) is 0 Å². The van der Waals surface area contributed by atoms with Crippen molar-refractivity contribution >= 4 is 5.91 Å². The highest BCUT2D eigenvalue weighted by molar-refractivity contribution is 5.78. The Morgan fingerprint density at radius 3 is 2.61 bits per heavy atom. The van der Waals surface area contributed by atoms with Gasteiger partial charge < -0.3 is 9.42 Å². The van der Waals surface area contributed by atoms with Crippen molar-refractivity contribution < 1.29 is 9.32 Å². The van der Waals surface area contributed by atoms with Gasteiger partial charge in [-0.2, -0.15) is 4.98 Å². The van der Waals surface area contributed by atoms with E-state index in [1.807, 2.05) is 11.8 Å². The maximum Gasteiger partial charge on any atom is 0.237 e. The van der Waals surface area contributed by atoms with Crippen LogP contribution in [0.3, 0.4) is 0 Å². The lowest BCUT2D eigenvalue weighted by Gasteiger charge is -2.39. The Balaban J connectivity index is 1.94. The molecule has 0 radical (unpaired) electrons. The van der Waals surface area contributed by atoms with Crippen LogP contribution < -0.4 is 0 Å². The molecule has 0 saturated carbocycles. The number of piperidine rings is 1. The number of hydrogen-bond donors (Lipinski definition) is 0. The van der Waals surface area contributed by atoms with Crippen molar-refractivity contribution in [1.29, 1.82) is 0 Å². The SMILES string of the molecule is CCCc1nc(CN(CC)C(=O)CN2[C@H](C)CCC[C@@H]2C)no1. The summed E-state index contributed by atoms with van der Waals surface area (Å²) in [4.78, 5) is 21.2. The van der Waals surface area contributed by atoms with Gasteiger partial charge in [-0.3, -0.25) is 9.69 Å². The summed E-state index contributed by atoms with van der Waals surface area (Å²) < 4.78 is 5.20. The van der Waals surface area contributed by atoms with E-state index in [-0.39, 0.29) is 5.91 Å². The third-order valence-electron chi connectivity index (χ3n) is 4.73. The number of amides is 1. The van der Waals surface area contributed by atoms with Crippen molar-refractivity contribution in [3.8, 4) is 0 Å². The molecule has 1 aromatic rings. The molecule has 1 fully saturated rings. The van der Waals surface area contributed by atoms with Crippen LogP contribution in [0.1, 0.15) is 65.1 Å². The second-order valence-corrected chi connectivity index (χ2v) is 6.56. The molecule has 1 aliphatic rings. The fraction of sp³-hybridized carbons (Fsp3) is 0.824. The molecule has 0 N–H and O–H groups in total. The lowest BCUT2D eigenvalue weighted by atomic mass is 9.97. The predicted molar refractivity (Wildman–Crippen MR) is 88.9 cm³/mol. The van der Waals surface area contributed by atoms with E-state index < -0.39 is 0 Å². The smallest absolute Gasteiger partial charge is 0.237 e. The summed E-state index contributed by atoms with van der Waals surface area (Å²) in [5, 5.41) is 3.99. The van der Waals surface area contributed by atoms with Gasteiger partial charge in [-0.15, -0.1) is 0 Å². The molecule has 1 aliphatic heterocycles. The molecule has 6 heteroatoms. The van der Waals surface area contributed by atoms with E-state index >= 15 is 0 Å². The van der Waals surface area contributed by atoms with Crippen molar-refractivity contribution in [2.45, 2.75) is 78.4 Å². The maximum absolute atomic E-state index is 12.7. The highest BCUT2D eigenvalue weighted by Crippen LogP contribution is 2.22. The molecule has 1 aromatic heterocycles. The zero-order chi connectivity index (χ0) is 16.8. The number of likely N-dealkylation sites (tertiary alicyclic amines) is 1. The van der Waals surface area contributed by atoms with Gasteiger partial charge in [0.25, 0.3) is 0 Å². The summed E-state index contributed by atoms with van der Waals surface area (Å²) in [6.07, 6.45) is 5.37. The Morgan fingerprint density at radius 1 is 1.30 bits per heavy atom. The number of nitrogens with zero attached hydrogens (tertiary/aromatic N) is 4. The van der Waals surface area contributed by atoms with E-state index in [0.717, 1.165) is 12.8 Å². The highest BCUT2D eigenvalue weighted by atomic mass is 16.5. The van der Waals surface area contributed by atoms with Gasteiger partial charge in [-0.1, -0.05) is 18.5 Å². The first-order valence-corrected chi connectivity index (χ1v) is 8.90. The van der Waals surface area contributed by atoms with Crippen LogP contribution in [0, 0.1) is 0 Å². The number of aryl methyl sites for hydroxylation is 1. The van der Waals surface area contributed by atoms with Gasteiger partial charge in [0.05, 0.1) is 13.1 Å². The van der Waals surface area contributed by atoms with Crippen LogP contribution in [0.4, 0.5) is 0 Å². The van der Waals surface area contributed by atoms with Gasteiger partial charge in [0, 0.05) is 25.0 Å². The fourth-order valence-electron chi connectivity index (χ4n) is 3.26. The minimum Gasteiger partial charge on any atom is -0.339 e. The fourth-order valence-corrected chi connectivity index (χ4v) is 3.26. The predicted octanol–water partition coefficient (Wildman–Crippen LogP) is 2.63. The molecule has 0 aromatic carbocycles. The molecule has 0 bridgehead atoms. The Kier molecular flexibility index (Phi) is 6.57. The molecule has 130 valence electrons. The third-order valence-corrected chi connectivity index (χ3v) is 4.73. The van der Waals surface area contributed by atoms with E-state index in [2.05, 4.69) is 35.8 Å². The number of aromatic nitrogens is 2. The quantitative estimate of drug-likeness (QED) is 0.772.